The summed E-state index contributed by atoms with van der Waals surface area (Å²) in [5, 5.41) is 23.8. The Labute approximate surface area is 95.7 Å². The number of aryl methyl sites for hydroxylation is 1. The van der Waals surface area contributed by atoms with E-state index in [0.29, 0.717) is 24.4 Å². The number of rotatable bonds is 6. The van der Waals surface area contributed by atoms with Crippen LogP contribution in [-0.4, -0.2) is 33.2 Å². The van der Waals surface area contributed by atoms with E-state index in [9.17, 15) is 10.2 Å². The van der Waals surface area contributed by atoms with Gasteiger partial charge in [-0.05, 0) is 12.8 Å². The Hall–Kier alpha value is -1.07. The summed E-state index contributed by atoms with van der Waals surface area (Å²) in [5.74, 6) is 0.522. The second kappa shape index (κ2) is 5.86. The van der Waals surface area contributed by atoms with Crippen LogP contribution in [0.1, 0.15) is 38.5 Å². The highest BCUT2D eigenvalue weighted by Gasteiger charge is 2.25. The molecule has 5 heteroatoms. The number of methoxy groups -OCH3 is 1. The van der Waals surface area contributed by atoms with Gasteiger partial charge in [0.1, 0.15) is 11.8 Å². The van der Waals surface area contributed by atoms with Crippen molar-refractivity contribution in [1.82, 2.24) is 9.78 Å². The van der Waals surface area contributed by atoms with Crippen LogP contribution in [0, 0.1) is 0 Å². The van der Waals surface area contributed by atoms with Gasteiger partial charge >= 0.3 is 0 Å². The minimum absolute atomic E-state index is 0.488. The van der Waals surface area contributed by atoms with Gasteiger partial charge in [-0.2, -0.15) is 5.10 Å². The molecule has 5 nitrogen and oxygen atoms in total. The topological polar surface area (TPSA) is 67.5 Å². The molecule has 0 spiro atoms. The largest absolute Gasteiger partial charge is 0.493 e. The molecule has 0 amide bonds. The number of hydrogen-bond donors (Lipinski definition) is 2. The molecule has 2 atom stereocenters. The summed E-state index contributed by atoms with van der Waals surface area (Å²) < 4.78 is 6.82. The molecule has 2 unspecified atom stereocenters. The molecule has 92 valence electrons. The molecule has 2 N–H and O–H groups in total. The number of aliphatic hydroxyl groups is 2. The van der Waals surface area contributed by atoms with Crippen molar-refractivity contribution >= 4 is 0 Å². The maximum absolute atomic E-state index is 10.0. The van der Waals surface area contributed by atoms with E-state index in [-0.39, 0.29) is 0 Å². The van der Waals surface area contributed by atoms with Gasteiger partial charge in [0.15, 0.2) is 5.75 Å². The van der Waals surface area contributed by atoms with Crippen molar-refractivity contribution in [2.75, 3.05) is 7.11 Å². The molecule has 0 bridgehead atoms. The average Bonchev–Trinajstić information content (AvgIpc) is 2.70. The highest BCUT2D eigenvalue weighted by molar-refractivity contribution is 5.28. The van der Waals surface area contributed by atoms with Crippen LogP contribution in [0.2, 0.25) is 0 Å². The van der Waals surface area contributed by atoms with E-state index in [1.54, 1.807) is 10.9 Å². The third-order valence-corrected chi connectivity index (χ3v) is 2.56. The standard InChI is InChI=1S/C11H20N2O3/c1-4-6-13-10(9(16-3)7-12-13)11(15)8(14)5-2/h7-8,11,14-15H,4-6H2,1-3H3. The Morgan fingerprint density at radius 1 is 1.44 bits per heavy atom. The predicted molar refractivity (Wildman–Crippen MR) is 60.3 cm³/mol. The highest BCUT2D eigenvalue weighted by atomic mass is 16.5. The Bertz CT molecular complexity index is 325. The molecule has 1 aromatic heterocycles. The molecule has 1 rings (SSSR count). The van der Waals surface area contributed by atoms with Crippen LogP contribution in [0.25, 0.3) is 0 Å². The van der Waals surface area contributed by atoms with Crippen molar-refractivity contribution < 1.29 is 14.9 Å². The van der Waals surface area contributed by atoms with Gasteiger partial charge in [-0.15, -0.1) is 0 Å². The van der Waals surface area contributed by atoms with E-state index in [1.165, 1.54) is 7.11 Å². The third-order valence-electron chi connectivity index (χ3n) is 2.56. The minimum atomic E-state index is -0.950. The third kappa shape index (κ3) is 2.54. The quantitative estimate of drug-likeness (QED) is 0.765. The van der Waals surface area contributed by atoms with Gasteiger partial charge in [0.25, 0.3) is 0 Å². The molecular weight excluding hydrogens is 208 g/mol. The van der Waals surface area contributed by atoms with Crippen LogP contribution in [0.15, 0.2) is 6.20 Å². The average molecular weight is 228 g/mol. The monoisotopic (exact) mass is 228 g/mol. The minimum Gasteiger partial charge on any atom is -0.493 e. The number of ether oxygens (including phenoxy) is 1. The Morgan fingerprint density at radius 2 is 2.12 bits per heavy atom. The van der Waals surface area contributed by atoms with Crippen molar-refractivity contribution in [3.05, 3.63) is 11.9 Å². The zero-order valence-corrected chi connectivity index (χ0v) is 10.1. The van der Waals surface area contributed by atoms with Crippen molar-refractivity contribution in [2.45, 2.75) is 45.4 Å². The lowest BCUT2D eigenvalue weighted by Gasteiger charge is -2.18. The van der Waals surface area contributed by atoms with E-state index in [1.807, 2.05) is 13.8 Å². The zero-order valence-electron chi connectivity index (χ0n) is 10.1. The van der Waals surface area contributed by atoms with Gasteiger partial charge in [-0.1, -0.05) is 13.8 Å². The SMILES string of the molecule is CCCn1ncc(OC)c1C(O)C(O)CC. The molecular formula is C11H20N2O3. The van der Waals surface area contributed by atoms with Crippen LogP contribution in [-0.2, 0) is 6.54 Å². The molecule has 0 aliphatic heterocycles. The molecule has 0 radical (unpaired) electrons. The first-order valence-corrected chi connectivity index (χ1v) is 5.61. The van der Waals surface area contributed by atoms with Gasteiger partial charge in [0.2, 0.25) is 0 Å². The first-order valence-electron chi connectivity index (χ1n) is 5.61. The highest BCUT2D eigenvalue weighted by Crippen LogP contribution is 2.28. The lowest BCUT2D eigenvalue weighted by atomic mass is 10.1. The van der Waals surface area contributed by atoms with Crippen LogP contribution >= 0.6 is 0 Å². The summed E-state index contributed by atoms with van der Waals surface area (Å²) >= 11 is 0. The number of hydrogen-bond acceptors (Lipinski definition) is 4. The van der Waals surface area contributed by atoms with Crippen LogP contribution in [0.3, 0.4) is 0 Å². The number of nitrogens with zero attached hydrogens (tertiary/aromatic N) is 2. The second-order valence-corrected chi connectivity index (χ2v) is 3.74. The lowest BCUT2D eigenvalue weighted by molar-refractivity contribution is 0.00972. The van der Waals surface area contributed by atoms with Gasteiger partial charge in [-0.3, -0.25) is 4.68 Å². The van der Waals surface area contributed by atoms with Crippen molar-refractivity contribution in [2.24, 2.45) is 0 Å². The van der Waals surface area contributed by atoms with E-state index in [2.05, 4.69) is 5.10 Å². The van der Waals surface area contributed by atoms with E-state index in [0.717, 1.165) is 6.42 Å². The molecule has 1 aromatic rings. The van der Waals surface area contributed by atoms with Crippen molar-refractivity contribution in [3.63, 3.8) is 0 Å². The Balaban J connectivity index is 3.01. The molecule has 1 heterocycles. The maximum Gasteiger partial charge on any atom is 0.162 e. The summed E-state index contributed by atoms with van der Waals surface area (Å²) in [6, 6.07) is 0. The Morgan fingerprint density at radius 3 is 2.62 bits per heavy atom. The van der Waals surface area contributed by atoms with Crippen molar-refractivity contribution in [1.29, 1.82) is 0 Å². The van der Waals surface area contributed by atoms with E-state index < -0.39 is 12.2 Å². The van der Waals surface area contributed by atoms with Gasteiger partial charge in [0.05, 0.1) is 19.4 Å². The lowest BCUT2D eigenvalue weighted by Crippen LogP contribution is -2.21. The summed E-state index contributed by atoms with van der Waals surface area (Å²) in [5.41, 5.74) is 0.554. The summed E-state index contributed by atoms with van der Waals surface area (Å²) in [6.07, 6.45) is 1.22. The summed E-state index contributed by atoms with van der Waals surface area (Å²) in [4.78, 5) is 0. The zero-order chi connectivity index (χ0) is 12.1. The normalized spacial score (nSPS) is 14.8. The van der Waals surface area contributed by atoms with Crippen molar-refractivity contribution in [3.8, 4) is 5.75 Å². The number of aliphatic hydroxyl groups excluding tert-OH is 2. The van der Waals surface area contributed by atoms with E-state index >= 15 is 0 Å². The fourth-order valence-corrected chi connectivity index (χ4v) is 1.63. The fourth-order valence-electron chi connectivity index (χ4n) is 1.63. The Kier molecular flexibility index (Phi) is 4.76. The van der Waals surface area contributed by atoms with Crippen LogP contribution in [0.5, 0.6) is 5.75 Å². The van der Waals surface area contributed by atoms with Gasteiger partial charge in [0, 0.05) is 6.54 Å². The van der Waals surface area contributed by atoms with Gasteiger partial charge in [-0.25, -0.2) is 0 Å². The van der Waals surface area contributed by atoms with Crippen LogP contribution in [0.4, 0.5) is 0 Å². The fraction of sp³-hybridized carbons (Fsp3) is 0.727. The molecule has 16 heavy (non-hydrogen) atoms. The molecule has 0 saturated heterocycles. The molecule has 0 aliphatic rings. The maximum atomic E-state index is 10.0. The summed E-state index contributed by atoms with van der Waals surface area (Å²) in [6.45, 7) is 4.55. The predicted octanol–water partition coefficient (Wildman–Crippen LogP) is 1.11. The molecule has 0 fully saturated rings. The second-order valence-electron chi connectivity index (χ2n) is 3.74. The van der Waals surface area contributed by atoms with Gasteiger partial charge < -0.3 is 14.9 Å². The first-order chi connectivity index (χ1) is 7.65. The molecule has 0 saturated carbocycles. The van der Waals surface area contributed by atoms with Crippen LogP contribution < -0.4 is 4.74 Å². The first kappa shape index (κ1) is 13.0. The smallest absolute Gasteiger partial charge is 0.162 e. The molecule has 0 aromatic carbocycles. The number of aromatic nitrogens is 2. The van der Waals surface area contributed by atoms with E-state index in [4.69, 9.17) is 4.74 Å². The molecule has 0 aliphatic carbocycles. The summed E-state index contributed by atoms with van der Waals surface area (Å²) in [7, 11) is 1.53.